The van der Waals surface area contributed by atoms with E-state index in [0.717, 1.165) is 56.5 Å². The maximum Gasteiger partial charge on any atom is 0.131 e. The number of nitrogens with zero attached hydrogens (tertiary/aromatic N) is 5. The van der Waals surface area contributed by atoms with Gasteiger partial charge in [-0.3, -0.25) is 19.5 Å². The summed E-state index contributed by atoms with van der Waals surface area (Å²) in [5, 5.41) is 5.31. The SMILES string of the molecule is CCc1nn(C)c(Cl)c1CN1CCCN(Cc2ccncc2)CC1. The molecule has 6 heteroatoms. The Kier molecular flexibility index (Phi) is 5.87. The van der Waals surface area contributed by atoms with Crippen molar-refractivity contribution in [3.05, 3.63) is 46.5 Å². The van der Waals surface area contributed by atoms with Crippen LogP contribution >= 0.6 is 11.6 Å². The summed E-state index contributed by atoms with van der Waals surface area (Å²) < 4.78 is 1.79. The molecule has 0 saturated carbocycles. The molecule has 0 bridgehead atoms. The van der Waals surface area contributed by atoms with E-state index in [1.54, 1.807) is 4.68 Å². The van der Waals surface area contributed by atoms with Gasteiger partial charge in [-0.25, -0.2) is 0 Å². The number of hydrogen-bond acceptors (Lipinski definition) is 4. The first-order valence-electron chi connectivity index (χ1n) is 8.71. The quantitative estimate of drug-likeness (QED) is 0.833. The summed E-state index contributed by atoms with van der Waals surface area (Å²) in [6.45, 7) is 8.45. The number of aryl methyl sites for hydroxylation is 2. The molecule has 1 fully saturated rings. The van der Waals surface area contributed by atoms with E-state index in [2.05, 4.69) is 38.9 Å². The summed E-state index contributed by atoms with van der Waals surface area (Å²) in [5.41, 5.74) is 3.66. The van der Waals surface area contributed by atoms with Gasteiger partial charge in [0.05, 0.1) is 5.69 Å². The van der Waals surface area contributed by atoms with Crippen LogP contribution in [-0.2, 0) is 26.6 Å². The monoisotopic (exact) mass is 347 g/mol. The molecule has 5 nitrogen and oxygen atoms in total. The third-order valence-corrected chi connectivity index (χ3v) is 5.18. The minimum atomic E-state index is 0.782. The lowest BCUT2D eigenvalue weighted by atomic mass is 10.2. The van der Waals surface area contributed by atoms with Gasteiger partial charge in [0, 0.05) is 51.2 Å². The van der Waals surface area contributed by atoms with Gasteiger partial charge in [-0.15, -0.1) is 0 Å². The van der Waals surface area contributed by atoms with Gasteiger partial charge in [-0.2, -0.15) is 5.10 Å². The summed E-state index contributed by atoms with van der Waals surface area (Å²) in [6.07, 6.45) is 5.86. The van der Waals surface area contributed by atoms with Gasteiger partial charge < -0.3 is 0 Å². The lowest BCUT2D eigenvalue weighted by Crippen LogP contribution is -2.30. The zero-order chi connectivity index (χ0) is 16.9. The second-order valence-corrected chi connectivity index (χ2v) is 6.81. The highest BCUT2D eigenvalue weighted by atomic mass is 35.5. The number of rotatable bonds is 5. The summed E-state index contributed by atoms with van der Waals surface area (Å²) in [6, 6.07) is 4.21. The van der Waals surface area contributed by atoms with E-state index < -0.39 is 0 Å². The predicted molar refractivity (Wildman–Crippen MR) is 97.0 cm³/mol. The Hall–Kier alpha value is -1.43. The molecule has 0 aliphatic carbocycles. The fourth-order valence-corrected chi connectivity index (χ4v) is 3.56. The van der Waals surface area contributed by atoms with E-state index in [0.29, 0.717) is 0 Å². The molecular formula is C18H26ClN5. The Morgan fingerprint density at radius 3 is 2.38 bits per heavy atom. The van der Waals surface area contributed by atoms with Crippen molar-refractivity contribution >= 4 is 11.6 Å². The molecule has 1 aliphatic rings. The van der Waals surface area contributed by atoms with Gasteiger partial charge in [0.25, 0.3) is 0 Å². The van der Waals surface area contributed by atoms with Gasteiger partial charge >= 0.3 is 0 Å². The number of aromatic nitrogens is 3. The van der Waals surface area contributed by atoms with E-state index in [4.69, 9.17) is 11.6 Å². The van der Waals surface area contributed by atoms with E-state index in [1.807, 2.05) is 19.4 Å². The lowest BCUT2D eigenvalue weighted by molar-refractivity contribution is 0.247. The molecule has 0 unspecified atom stereocenters. The lowest BCUT2D eigenvalue weighted by Gasteiger charge is -2.22. The number of halogens is 1. The van der Waals surface area contributed by atoms with Crippen molar-refractivity contribution in [2.24, 2.45) is 7.05 Å². The Balaban J connectivity index is 1.60. The second-order valence-electron chi connectivity index (χ2n) is 6.45. The highest BCUT2D eigenvalue weighted by molar-refractivity contribution is 6.30. The normalized spacial score (nSPS) is 17.1. The molecule has 0 atom stereocenters. The van der Waals surface area contributed by atoms with E-state index in [1.165, 1.54) is 17.5 Å². The topological polar surface area (TPSA) is 37.2 Å². The zero-order valence-corrected chi connectivity index (χ0v) is 15.3. The first kappa shape index (κ1) is 17.4. The van der Waals surface area contributed by atoms with Crippen molar-refractivity contribution in [3.8, 4) is 0 Å². The second kappa shape index (κ2) is 8.10. The molecule has 3 rings (SSSR count). The molecule has 0 spiro atoms. The van der Waals surface area contributed by atoms with Gasteiger partial charge in [-0.1, -0.05) is 18.5 Å². The molecule has 0 N–H and O–H groups in total. The molecule has 1 saturated heterocycles. The molecular weight excluding hydrogens is 322 g/mol. The van der Waals surface area contributed by atoms with Gasteiger partial charge in [0.1, 0.15) is 5.15 Å². The Morgan fingerprint density at radius 1 is 1.04 bits per heavy atom. The zero-order valence-electron chi connectivity index (χ0n) is 14.6. The van der Waals surface area contributed by atoms with Crippen LogP contribution in [0.15, 0.2) is 24.5 Å². The van der Waals surface area contributed by atoms with Crippen LogP contribution < -0.4 is 0 Å². The Labute approximate surface area is 149 Å². The van der Waals surface area contributed by atoms with Crippen LogP contribution in [0.3, 0.4) is 0 Å². The summed E-state index contributed by atoms with van der Waals surface area (Å²) in [4.78, 5) is 9.13. The minimum Gasteiger partial charge on any atom is -0.298 e. The maximum absolute atomic E-state index is 6.45. The van der Waals surface area contributed by atoms with Crippen LogP contribution in [0.25, 0.3) is 0 Å². The average Bonchev–Trinajstić information content (AvgIpc) is 2.76. The molecule has 1 aliphatic heterocycles. The first-order valence-corrected chi connectivity index (χ1v) is 9.09. The molecule has 2 aromatic heterocycles. The molecule has 0 radical (unpaired) electrons. The molecule has 24 heavy (non-hydrogen) atoms. The number of hydrogen-bond donors (Lipinski definition) is 0. The van der Waals surface area contributed by atoms with Gasteiger partial charge in [0.15, 0.2) is 0 Å². The van der Waals surface area contributed by atoms with Crippen LogP contribution in [0.5, 0.6) is 0 Å². The highest BCUT2D eigenvalue weighted by Gasteiger charge is 2.19. The van der Waals surface area contributed by atoms with E-state index in [-0.39, 0.29) is 0 Å². The van der Waals surface area contributed by atoms with Crippen LogP contribution in [0.1, 0.15) is 30.2 Å². The third-order valence-electron chi connectivity index (χ3n) is 4.71. The molecule has 130 valence electrons. The van der Waals surface area contributed by atoms with E-state index in [9.17, 15) is 0 Å². The van der Waals surface area contributed by atoms with E-state index >= 15 is 0 Å². The van der Waals surface area contributed by atoms with Crippen molar-refractivity contribution in [1.29, 1.82) is 0 Å². The fourth-order valence-electron chi connectivity index (χ4n) is 3.35. The fraction of sp³-hybridized carbons (Fsp3) is 0.556. The van der Waals surface area contributed by atoms with Crippen molar-refractivity contribution in [3.63, 3.8) is 0 Å². The maximum atomic E-state index is 6.45. The van der Waals surface area contributed by atoms with Crippen LogP contribution in [-0.4, -0.2) is 50.7 Å². The average molecular weight is 348 g/mol. The van der Waals surface area contributed by atoms with Crippen molar-refractivity contribution in [2.75, 3.05) is 26.2 Å². The van der Waals surface area contributed by atoms with Crippen LogP contribution in [0.2, 0.25) is 5.15 Å². The largest absolute Gasteiger partial charge is 0.298 e. The molecule has 0 aromatic carbocycles. The summed E-state index contributed by atoms with van der Waals surface area (Å²) in [7, 11) is 1.92. The Morgan fingerprint density at radius 2 is 1.71 bits per heavy atom. The summed E-state index contributed by atoms with van der Waals surface area (Å²) in [5.74, 6) is 0. The molecule has 2 aromatic rings. The van der Waals surface area contributed by atoms with Crippen molar-refractivity contribution < 1.29 is 0 Å². The smallest absolute Gasteiger partial charge is 0.131 e. The highest BCUT2D eigenvalue weighted by Crippen LogP contribution is 2.22. The molecule has 3 heterocycles. The standard InChI is InChI=1S/C18H26ClN5/c1-3-17-16(18(19)22(2)21-17)14-24-10-4-9-23(11-12-24)13-15-5-7-20-8-6-15/h5-8H,3-4,9-14H2,1-2H3. The Bertz CT molecular complexity index is 655. The van der Waals surface area contributed by atoms with Crippen molar-refractivity contribution in [2.45, 2.75) is 32.9 Å². The van der Waals surface area contributed by atoms with Crippen LogP contribution in [0, 0.1) is 0 Å². The molecule has 0 amide bonds. The minimum absolute atomic E-state index is 0.782. The number of pyridine rings is 1. The van der Waals surface area contributed by atoms with Crippen molar-refractivity contribution in [1.82, 2.24) is 24.6 Å². The van der Waals surface area contributed by atoms with Crippen LogP contribution in [0.4, 0.5) is 0 Å². The third kappa shape index (κ3) is 4.15. The van der Waals surface area contributed by atoms with Gasteiger partial charge in [-0.05, 0) is 43.6 Å². The predicted octanol–water partition coefficient (Wildman–Crippen LogP) is 2.74. The first-order chi connectivity index (χ1) is 11.7. The summed E-state index contributed by atoms with van der Waals surface area (Å²) >= 11 is 6.45. The van der Waals surface area contributed by atoms with Gasteiger partial charge in [0.2, 0.25) is 0 Å².